The van der Waals surface area contributed by atoms with E-state index in [4.69, 9.17) is 0 Å². The highest BCUT2D eigenvalue weighted by Gasteiger charge is 2.55. The maximum atomic E-state index is 13.5. The lowest BCUT2D eigenvalue weighted by atomic mass is 9.82. The molecule has 0 aliphatic heterocycles. The number of amides is 1. The normalized spacial score (nSPS) is 22.1. The number of benzene rings is 3. The number of anilines is 1. The second-order valence-electron chi connectivity index (χ2n) is 9.01. The first-order valence-corrected chi connectivity index (χ1v) is 11.6. The quantitative estimate of drug-likeness (QED) is 0.375. The van der Waals surface area contributed by atoms with Gasteiger partial charge in [0.1, 0.15) is 0 Å². The number of aliphatic carboxylic acids is 1. The molecule has 5 nitrogen and oxygen atoms in total. The second-order valence-corrected chi connectivity index (χ2v) is 9.01. The van der Waals surface area contributed by atoms with Crippen LogP contribution in [0.15, 0.2) is 103 Å². The first-order chi connectivity index (χ1) is 17.0. The molecular formula is C30H25NO4. The summed E-state index contributed by atoms with van der Waals surface area (Å²) >= 11 is 0. The third kappa shape index (κ3) is 4.10. The molecule has 2 N–H and O–H groups in total. The minimum atomic E-state index is -0.988. The van der Waals surface area contributed by atoms with Crippen molar-refractivity contribution >= 4 is 28.9 Å². The van der Waals surface area contributed by atoms with E-state index >= 15 is 0 Å². The highest BCUT2D eigenvalue weighted by atomic mass is 16.4. The Morgan fingerprint density at radius 1 is 0.714 bits per heavy atom. The van der Waals surface area contributed by atoms with Crippen LogP contribution in [0.2, 0.25) is 0 Å². The molecule has 2 aliphatic carbocycles. The number of carboxylic acid groups (broad SMARTS) is 1. The van der Waals surface area contributed by atoms with Crippen molar-refractivity contribution in [1.29, 1.82) is 0 Å². The number of Topliss-reactive ketones (excluding diaryl/α,β-unsaturated/α-hetero) is 1. The first kappa shape index (κ1) is 22.5. The van der Waals surface area contributed by atoms with Crippen molar-refractivity contribution in [3.05, 3.63) is 119 Å². The van der Waals surface area contributed by atoms with Crippen molar-refractivity contribution in [3.8, 4) is 0 Å². The Kier molecular flexibility index (Phi) is 5.91. The predicted molar refractivity (Wildman–Crippen MR) is 135 cm³/mol. The van der Waals surface area contributed by atoms with Gasteiger partial charge >= 0.3 is 5.97 Å². The van der Waals surface area contributed by atoms with Crippen molar-refractivity contribution in [2.75, 3.05) is 5.32 Å². The molecule has 4 atom stereocenters. The van der Waals surface area contributed by atoms with Gasteiger partial charge in [-0.05, 0) is 41.3 Å². The molecule has 5 heteroatoms. The fourth-order valence-corrected chi connectivity index (χ4v) is 5.46. The zero-order valence-electron chi connectivity index (χ0n) is 19.2. The van der Waals surface area contributed by atoms with Crippen LogP contribution in [0.25, 0.3) is 5.57 Å². The van der Waals surface area contributed by atoms with Gasteiger partial charge in [0.2, 0.25) is 5.91 Å². The van der Waals surface area contributed by atoms with E-state index in [1.165, 1.54) is 6.92 Å². The Labute approximate surface area is 203 Å². The van der Waals surface area contributed by atoms with E-state index in [1.807, 2.05) is 72.8 Å². The van der Waals surface area contributed by atoms with Crippen LogP contribution < -0.4 is 5.32 Å². The van der Waals surface area contributed by atoms with Crippen LogP contribution in [0, 0.1) is 23.7 Å². The molecule has 1 fully saturated rings. The molecule has 0 aromatic heterocycles. The van der Waals surface area contributed by atoms with Crippen LogP contribution in [0.3, 0.4) is 0 Å². The SMILES string of the molecule is CC(=O)c1cccc(NC(=O)[C@H]2[C@@H](C(=O)O)[C@@H]3C=C[C@H]2C3=C(c2ccccc2)c2ccccc2)c1. The minimum absolute atomic E-state index is 0.104. The van der Waals surface area contributed by atoms with Gasteiger partial charge in [-0.1, -0.05) is 84.9 Å². The van der Waals surface area contributed by atoms with Gasteiger partial charge in [0.05, 0.1) is 11.8 Å². The number of fused-ring (bicyclic) bond motifs is 2. The van der Waals surface area contributed by atoms with E-state index in [0.29, 0.717) is 11.3 Å². The molecule has 0 spiro atoms. The molecule has 3 aromatic carbocycles. The summed E-state index contributed by atoms with van der Waals surface area (Å²) in [6.45, 7) is 1.47. The van der Waals surface area contributed by atoms with E-state index in [1.54, 1.807) is 24.3 Å². The van der Waals surface area contributed by atoms with Crippen LogP contribution in [-0.2, 0) is 9.59 Å². The largest absolute Gasteiger partial charge is 0.481 e. The Morgan fingerprint density at radius 2 is 1.26 bits per heavy atom. The number of hydrogen-bond acceptors (Lipinski definition) is 3. The molecule has 0 saturated heterocycles. The second kappa shape index (κ2) is 9.18. The van der Waals surface area contributed by atoms with Crippen molar-refractivity contribution in [1.82, 2.24) is 0 Å². The summed E-state index contributed by atoms with van der Waals surface area (Å²) in [7, 11) is 0. The minimum Gasteiger partial charge on any atom is -0.481 e. The highest BCUT2D eigenvalue weighted by Crippen LogP contribution is 2.55. The van der Waals surface area contributed by atoms with Gasteiger partial charge < -0.3 is 10.4 Å². The number of carbonyl (C=O) groups is 3. The number of carbonyl (C=O) groups excluding carboxylic acids is 2. The fourth-order valence-electron chi connectivity index (χ4n) is 5.46. The van der Waals surface area contributed by atoms with Crippen molar-refractivity contribution in [2.24, 2.45) is 23.7 Å². The molecule has 2 bridgehead atoms. The highest BCUT2D eigenvalue weighted by molar-refractivity contribution is 6.00. The molecular weight excluding hydrogens is 438 g/mol. The monoisotopic (exact) mass is 463 g/mol. The van der Waals surface area contributed by atoms with Gasteiger partial charge in [0.25, 0.3) is 0 Å². The Hall–Kier alpha value is -4.25. The topological polar surface area (TPSA) is 83.5 Å². The zero-order chi connectivity index (χ0) is 24.5. The van der Waals surface area contributed by atoms with E-state index in [2.05, 4.69) is 5.32 Å². The first-order valence-electron chi connectivity index (χ1n) is 11.6. The third-order valence-corrected chi connectivity index (χ3v) is 6.94. The summed E-state index contributed by atoms with van der Waals surface area (Å²) in [5.74, 6) is -3.81. The van der Waals surface area contributed by atoms with Gasteiger partial charge in [0, 0.05) is 23.1 Å². The zero-order valence-corrected chi connectivity index (χ0v) is 19.2. The molecule has 0 heterocycles. The summed E-state index contributed by atoms with van der Waals surface area (Å²) in [5, 5.41) is 13.1. The van der Waals surface area contributed by atoms with Crippen LogP contribution in [0.4, 0.5) is 5.69 Å². The van der Waals surface area contributed by atoms with E-state index in [0.717, 1.165) is 22.3 Å². The van der Waals surface area contributed by atoms with E-state index < -0.39 is 17.8 Å². The molecule has 5 rings (SSSR count). The van der Waals surface area contributed by atoms with Gasteiger partial charge in [-0.3, -0.25) is 14.4 Å². The van der Waals surface area contributed by atoms with Gasteiger partial charge in [-0.25, -0.2) is 0 Å². The van der Waals surface area contributed by atoms with Crippen LogP contribution >= 0.6 is 0 Å². The number of ketones is 1. The fraction of sp³-hybridized carbons (Fsp3) is 0.167. The van der Waals surface area contributed by atoms with Gasteiger partial charge in [0.15, 0.2) is 5.78 Å². The maximum absolute atomic E-state index is 13.5. The summed E-state index contributed by atoms with van der Waals surface area (Å²) in [6, 6.07) is 26.5. The van der Waals surface area contributed by atoms with Crippen LogP contribution in [0.1, 0.15) is 28.4 Å². The van der Waals surface area contributed by atoms with E-state index in [-0.39, 0.29) is 23.5 Å². The number of hydrogen-bond donors (Lipinski definition) is 2. The number of allylic oxidation sites excluding steroid dienone is 3. The standard InChI is InChI=1S/C30H25NO4/c1-18(32)21-13-8-14-22(17-21)31-29(33)27-23-15-16-24(28(27)30(34)35)26(23)25(19-9-4-2-5-10-19)20-11-6-3-7-12-20/h2-17,23-24,27-28H,1H3,(H,31,33)(H,34,35)/t23-,24+,27+,28-/m0/s1. The third-order valence-electron chi connectivity index (χ3n) is 6.94. The lowest BCUT2D eigenvalue weighted by Gasteiger charge is -2.23. The van der Waals surface area contributed by atoms with E-state index in [9.17, 15) is 19.5 Å². The van der Waals surface area contributed by atoms with Crippen LogP contribution in [-0.4, -0.2) is 22.8 Å². The van der Waals surface area contributed by atoms with Gasteiger partial charge in [-0.15, -0.1) is 0 Å². The summed E-state index contributed by atoms with van der Waals surface area (Å²) in [5.41, 5.74) is 4.90. The maximum Gasteiger partial charge on any atom is 0.308 e. The Morgan fingerprint density at radius 3 is 1.80 bits per heavy atom. The van der Waals surface area contributed by atoms with Crippen molar-refractivity contribution in [2.45, 2.75) is 6.92 Å². The Bertz CT molecular complexity index is 1320. The molecule has 1 amide bonds. The van der Waals surface area contributed by atoms with Crippen molar-refractivity contribution in [3.63, 3.8) is 0 Å². The molecule has 2 aliphatic rings. The summed E-state index contributed by atoms with van der Waals surface area (Å²) in [6.07, 6.45) is 3.91. The van der Waals surface area contributed by atoms with Gasteiger partial charge in [-0.2, -0.15) is 0 Å². The van der Waals surface area contributed by atoms with Crippen molar-refractivity contribution < 1.29 is 19.5 Å². The smallest absolute Gasteiger partial charge is 0.308 e. The number of carboxylic acids is 1. The molecule has 1 saturated carbocycles. The lowest BCUT2D eigenvalue weighted by molar-refractivity contribution is -0.146. The Balaban J connectivity index is 1.60. The number of nitrogens with one attached hydrogen (secondary N) is 1. The summed E-state index contributed by atoms with van der Waals surface area (Å²) in [4.78, 5) is 37.8. The predicted octanol–water partition coefficient (Wildman–Crippen LogP) is 5.46. The molecule has 174 valence electrons. The lowest BCUT2D eigenvalue weighted by Crippen LogP contribution is -2.36. The average Bonchev–Trinajstić information content (AvgIpc) is 3.42. The van der Waals surface area contributed by atoms with Crippen LogP contribution in [0.5, 0.6) is 0 Å². The summed E-state index contributed by atoms with van der Waals surface area (Å²) < 4.78 is 0. The molecule has 3 aromatic rings. The molecule has 0 radical (unpaired) electrons. The number of rotatable bonds is 6. The average molecular weight is 464 g/mol. The molecule has 0 unspecified atom stereocenters. The molecule has 35 heavy (non-hydrogen) atoms.